The van der Waals surface area contributed by atoms with Crippen LogP contribution in [0.3, 0.4) is 0 Å². The molecule has 0 spiro atoms. The van der Waals surface area contributed by atoms with E-state index < -0.39 is 0 Å². The molecule has 0 aliphatic carbocycles. The number of carbonyl (C=O) groups excluding carboxylic acids is 1. The third-order valence-corrected chi connectivity index (χ3v) is 4.90. The van der Waals surface area contributed by atoms with Crippen LogP contribution in [0.4, 0.5) is 0 Å². The Balaban J connectivity index is 1.92. The van der Waals surface area contributed by atoms with E-state index in [1.54, 1.807) is 19.2 Å². The number of aryl methyl sites for hydroxylation is 1. The predicted octanol–water partition coefficient (Wildman–Crippen LogP) is 4.36. The van der Waals surface area contributed by atoms with E-state index in [-0.39, 0.29) is 11.0 Å². The van der Waals surface area contributed by atoms with Gasteiger partial charge in [-0.25, -0.2) is 0 Å². The van der Waals surface area contributed by atoms with Crippen molar-refractivity contribution >= 4 is 39.2 Å². The maximum absolute atomic E-state index is 12.3. The molecule has 2 aromatic carbocycles. The maximum Gasteiger partial charge on any atom is 0.257 e. The first-order chi connectivity index (χ1) is 12.9. The quantitative estimate of drug-likeness (QED) is 0.613. The van der Waals surface area contributed by atoms with Crippen molar-refractivity contribution in [2.24, 2.45) is 0 Å². The monoisotopic (exact) mass is 450 g/mol. The van der Waals surface area contributed by atoms with Crippen LogP contribution in [0, 0.1) is 6.92 Å². The lowest BCUT2D eigenvalue weighted by Gasteiger charge is -2.13. The number of amides is 1. The molecule has 2 rings (SSSR count). The van der Waals surface area contributed by atoms with Crippen LogP contribution in [0.1, 0.15) is 34.8 Å². The molecule has 0 heterocycles. The van der Waals surface area contributed by atoms with Gasteiger partial charge >= 0.3 is 0 Å². The first-order valence-electron chi connectivity index (χ1n) is 8.59. The summed E-state index contributed by atoms with van der Waals surface area (Å²) >= 11 is 8.65. The van der Waals surface area contributed by atoms with Gasteiger partial charge in [0.25, 0.3) is 5.91 Å². The molecule has 144 valence electrons. The molecule has 0 unspecified atom stereocenters. The van der Waals surface area contributed by atoms with Crippen LogP contribution in [0.15, 0.2) is 40.9 Å². The van der Waals surface area contributed by atoms with E-state index in [9.17, 15) is 4.79 Å². The minimum Gasteiger partial charge on any atom is -0.493 e. The Bertz CT molecular complexity index is 827. The fourth-order valence-electron chi connectivity index (χ4n) is 2.29. The number of benzene rings is 2. The fourth-order valence-corrected chi connectivity index (χ4v) is 2.83. The zero-order valence-electron chi connectivity index (χ0n) is 15.6. The lowest BCUT2D eigenvalue weighted by Crippen LogP contribution is -2.38. The summed E-state index contributed by atoms with van der Waals surface area (Å²) in [7, 11) is 1.61. The van der Waals surface area contributed by atoms with E-state index >= 15 is 0 Å². The summed E-state index contributed by atoms with van der Waals surface area (Å²) < 4.78 is 11.9. The third kappa shape index (κ3) is 6.22. The van der Waals surface area contributed by atoms with Gasteiger partial charge in [0.1, 0.15) is 0 Å². The van der Waals surface area contributed by atoms with Gasteiger partial charge < -0.3 is 14.8 Å². The SMILES string of the molecule is CCCOc1ccc(CNC(=S)NC(=O)c2ccc(C)c(Br)c2)cc1OC. The highest BCUT2D eigenvalue weighted by Gasteiger charge is 2.10. The Morgan fingerprint density at radius 1 is 1.19 bits per heavy atom. The first kappa shape index (κ1) is 21.2. The second kappa shape index (κ2) is 10.3. The van der Waals surface area contributed by atoms with E-state index in [1.165, 1.54) is 0 Å². The van der Waals surface area contributed by atoms with Gasteiger partial charge in [0.2, 0.25) is 0 Å². The van der Waals surface area contributed by atoms with Gasteiger partial charge in [-0.15, -0.1) is 0 Å². The van der Waals surface area contributed by atoms with Crippen molar-refractivity contribution in [3.63, 3.8) is 0 Å². The van der Waals surface area contributed by atoms with Crippen molar-refractivity contribution in [3.8, 4) is 11.5 Å². The number of thiocarbonyl (C=S) groups is 1. The number of methoxy groups -OCH3 is 1. The molecular formula is C20H23BrN2O3S. The van der Waals surface area contributed by atoms with Crippen LogP contribution in [0.2, 0.25) is 0 Å². The van der Waals surface area contributed by atoms with Gasteiger partial charge in [0.15, 0.2) is 16.6 Å². The number of carbonyl (C=O) groups is 1. The summed E-state index contributed by atoms with van der Waals surface area (Å²) in [6.45, 7) is 5.11. The largest absolute Gasteiger partial charge is 0.493 e. The van der Waals surface area contributed by atoms with Crippen LogP contribution in [0.5, 0.6) is 11.5 Å². The molecule has 0 aliphatic rings. The number of hydrogen-bond donors (Lipinski definition) is 2. The molecule has 5 nitrogen and oxygen atoms in total. The highest BCUT2D eigenvalue weighted by molar-refractivity contribution is 9.10. The van der Waals surface area contributed by atoms with E-state index in [0.29, 0.717) is 30.2 Å². The standard InChI is InChI=1S/C20H23BrN2O3S/c1-4-9-26-17-8-6-14(10-18(17)25-3)12-22-20(27)23-19(24)15-7-5-13(2)16(21)11-15/h5-8,10-11H,4,9,12H2,1-3H3,(H2,22,23,24,27). The smallest absolute Gasteiger partial charge is 0.257 e. The zero-order chi connectivity index (χ0) is 19.8. The summed E-state index contributed by atoms with van der Waals surface area (Å²) in [6, 6.07) is 11.1. The van der Waals surface area contributed by atoms with Gasteiger partial charge in [-0.2, -0.15) is 0 Å². The normalized spacial score (nSPS) is 10.2. The molecule has 0 saturated heterocycles. The Labute approximate surface area is 173 Å². The van der Waals surface area contributed by atoms with Crippen LogP contribution < -0.4 is 20.1 Å². The average molecular weight is 451 g/mol. The molecule has 2 aromatic rings. The van der Waals surface area contributed by atoms with Gasteiger partial charge in [0, 0.05) is 16.6 Å². The van der Waals surface area contributed by atoms with Crippen molar-refractivity contribution in [2.45, 2.75) is 26.8 Å². The lowest BCUT2D eigenvalue weighted by atomic mass is 10.1. The van der Waals surface area contributed by atoms with Crippen molar-refractivity contribution < 1.29 is 14.3 Å². The minimum atomic E-state index is -0.255. The van der Waals surface area contributed by atoms with E-state index in [4.69, 9.17) is 21.7 Å². The molecule has 0 saturated carbocycles. The molecule has 0 atom stereocenters. The Kier molecular flexibility index (Phi) is 8.06. The van der Waals surface area contributed by atoms with Crippen LogP contribution in [0.25, 0.3) is 0 Å². The second-order valence-electron chi connectivity index (χ2n) is 5.93. The van der Waals surface area contributed by atoms with Gasteiger partial charge in [-0.3, -0.25) is 10.1 Å². The summed E-state index contributed by atoms with van der Waals surface area (Å²) in [5.74, 6) is 1.13. The molecular weight excluding hydrogens is 428 g/mol. The molecule has 2 N–H and O–H groups in total. The number of halogens is 1. The minimum absolute atomic E-state index is 0.255. The highest BCUT2D eigenvalue weighted by Crippen LogP contribution is 2.28. The van der Waals surface area contributed by atoms with Gasteiger partial charge in [-0.1, -0.05) is 35.0 Å². The van der Waals surface area contributed by atoms with E-state index in [0.717, 1.165) is 22.0 Å². The molecule has 7 heteroatoms. The molecule has 0 fully saturated rings. The van der Waals surface area contributed by atoms with E-state index in [2.05, 4.69) is 33.5 Å². The summed E-state index contributed by atoms with van der Waals surface area (Å²) in [6.07, 6.45) is 0.929. The maximum atomic E-state index is 12.3. The Morgan fingerprint density at radius 3 is 2.63 bits per heavy atom. The molecule has 0 aromatic heterocycles. The lowest BCUT2D eigenvalue weighted by molar-refractivity contribution is 0.0976. The molecule has 0 radical (unpaired) electrons. The molecule has 1 amide bonds. The number of ether oxygens (including phenoxy) is 2. The second-order valence-corrected chi connectivity index (χ2v) is 7.20. The third-order valence-electron chi connectivity index (χ3n) is 3.80. The number of hydrogen-bond acceptors (Lipinski definition) is 4. The Morgan fingerprint density at radius 2 is 1.96 bits per heavy atom. The summed E-state index contributed by atoms with van der Waals surface area (Å²) in [4.78, 5) is 12.3. The van der Waals surface area contributed by atoms with Crippen molar-refractivity contribution in [3.05, 3.63) is 57.6 Å². The molecule has 27 heavy (non-hydrogen) atoms. The van der Waals surface area contributed by atoms with Crippen molar-refractivity contribution in [1.82, 2.24) is 10.6 Å². The van der Waals surface area contributed by atoms with Crippen LogP contribution in [-0.4, -0.2) is 24.7 Å². The summed E-state index contributed by atoms with van der Waals surface area (Å²) in [5.41, 5.74) is 2.56. The summed E-state index contributed by atoms with van der Waals surface area (Å²) in [5, 5.41) is 5.98. The van der Waals surface area contributed by atoms with Gasteiger partial charge in [-0.05, 0) is 61.0 Å². The average Bonchev–Trinajstić information content (AvgIpc) is 2.67. The van der Waals surface area contributed by atoms with Crippen LogP contribution >= 0.6 is 28.1 Å². The Hall–Kier alpha value is -2.12. The number of nitrogens with one attached hydrogen (secondary N) is 2. The van der Waals surface area contributed by atoms with Crippen LogP contribution in [-0.2, 0) is 6.54 Å². The van der Waals surface area contributed by atoms with Crippen molar-refractivity contribution in [2.75, 3.05) is 13.7 Å². The van der Waals surface area contributed by atoms with Crippen molar-refractivity contribution in [1.29, 1.82) is 0 Å². The highest BCUT2D eigenvalue weighted by atomic mass is 79.9. The molecule has 0 aliphatic heterocycles. The fraction of sp³-hybridized carbons (Fsp3) is 0.300. The molecule has 0 bridgehead atoms. The number of rotatable bonds is 7. The van der Waals surface area contributed by atoms with Gasteiger partial charge in [0.05, 0.1) is 13.7 Å². The predicted molar refractivity (Wildman–Crippen MR) is 115 cm³/mol. The first-order valence-corrected chi connectivity index (χ1v) is 9.79. The van der Waals surface area contributed by atoms with E-state index in [1.807, 2.05) is 31.2 Å². The topological polar surface area (TPSA) is 59.6 Å². The zero-order valence-corrected chi connectivity index (χ0v) is 18.0.